The molecule has 0 saturated carbocycles. The number of nitrogens with zero attached hydrogens (tertiary/aromatic N) is 2. The third kappa shape index (κ3) is 6.85. The molecule has 2 aromatic carbocycles. The first kappa shape index (κ1) is 27.0. The molecular weight excluding hydrogens is 485 g/mol. The van der Waals surface area contributed by atoms with Gasteiger partial charge in [-0.1, -0.05) is 48.3 Å². The highest BCUT2D eigenvalue weighted by molar-refractivity contribution is 7.92. The molecule has 1 atom stereocenters. The summed E-state index contributed by atoms with van der Waals surface area (Å²) in [6.07, 6.45) is 1.39. The molecule has 180 valence electrons. The highest BCUT2D eigenvalue weighted by Crippen LogP contribution is 2.26. The van der Waals surface area contributed by atoms with Gasteiger partial charge in [0.1, 0.15) is 12.6 Å². The van der Waals surface area contributed by atoms with Crippen LogP contribution in [0.25, 0.3) is 0 Å². The van der Waals surface area contributed by atoms with E-state index in [9.17, 15) is 18.0 Å². The average molecular weight is 514 g/mol. The molecular formula is C23H29Cl2N3O4S. The number of anilines is 1. The molecule has 0 bridgehead atoms. The van der Waals surface area contributed by atoms with Crippen LogP contribution in [0.1, 0.15) is 30.0 Å². The van der Waals surface area contributed by atoms with E-state index in [1.54, 1.807) is 44.2 Å². The zero-order valence-corrected chi connectivity index (χ0v) is 21.7. The van der Waals surface area contributed by atoms with E-state index in [1.165, 1.54) is 11.9 Å². The lowest BCUT2D eigenvalue weighted by Crippen LogP contribution is -2.51. The topological polar surface area (TPSA) is 86.8 Å². The van der Waals surface area contributed by atoms with Crippen LogP contribution in [0.2, 0.25) is 10.0 Å². The first-order valence-corrected chi connectivity index (χ1v) is 13.0. The molecule has 2 rings (SSSR count). The summed E-state index contributed by atoms with van der Waals surface area (Å²) in [6.45, 7) is 4.97. The predicted octanol–water partition coefficient (Wildman–Crippen LogP) is 3.93. The second-order valence-corrected chi connectivity index (χ2v) is 10.6. The molecule has 1 unspecified atom stereocenters. The van der Waals surface area contributed by atoms with E-state index in [4.69, 9.17) is 23.2 Å². The SMILES string of the molecule is CCC(C(=O)NC)N(Cc1ccc(Cl)cc1Cl)C(=O)CN(c1cc(C)ccc1C)S(C)(=O)=O. The Bertz CT molecular complexity index is 1140. The van der Waals surface area contributed by atoms with E-state index in [2.05, 4.69) is 5.32 Å². The zero-order chi connectivity index (χ0) is 24.9. The molecule has 1 N–H and O–H groups in total. The Morgan fingerprint density at radius 2 is 1.76 bits per heavy atom. The maximum absolute atomic E-state index is 13.5. The Hall–Kier alpha value is -2.29. The van der Waals surface area contributed by atoms with Gasteiger partial charge in [-0.2, -0.15) is 0 Å². The average Bonchev–Trinajstić information content (AvgIpc) is 2.74. The molecule has 0 fully saturated rings. The van der Waals surface area contributed by atoms with Crippen LogP contribution >= 0.6 is 23.2 Å². The van der Waals surface area contributed by atoms with E-state index < -0.39 is 28.5 Å². The lowest BCUT2D eigenvalue weighted by Gasteiger charge is -2.33. The van der Waals surface area contributed by atoms with E-state index in [1.807, 2.05) is 13.0 Å². The van der Waals surface area contributed by atoms with E-state index in [-0.39, 0.29) is 12.5 Å². The minimum Gasteiger partial charge on any atom is -0.357 e. The lowest BCUT2D eigenvalue weighted by atomic mass is 10.1. The summed E-state index contributed by atoms with van der Waals surface area (Å²) in [7, 11) is -2.30. The molecule has 0 aliphatic rings. The van der Waals surface area contributed by atoms with Crippen molar-refractivity contribution in [3.8, 4) is 0 Å². The smallest absolute Gasteiger partial charge is 0.244 e. The van der Waals surface area contributed by atoms with Crippen LogP contribution in [0, 0.1) is 13.8 Å². The number of likely N-dealkylation sites (N-methyl/N-ethyl adjacent to an activating group) is 1. The van der Waals surface area contributed by atoms with Crippen molar-refractivity contribution in [2.24, 2.45) is 0 Å². The van der Waals surface area contributed by atoms with Crippen molar-refractivity contribution in [3.05, 3.63) is 63.1 Å². The Morgan fingerprint density at radius 3 is 2.30 bits per heavy atom. The van der Waals surface area contributed by atoms with Gasteiger partial charge < -0.3 is 10.2 Å². The summed E-state index contributed by atoms with van der Waals surface area (Å²) >= 11 is 12.3. The molecule has 0 heterocycles. The second-order valence-electron chi connectivity index (χ2n) is 7.86. The molecule has 0 aliphatic carbocycles. The molecule has 10 heteroatoms. The Balaban J connectivity index is 2.51. The third-order valence-corrected chi connectivity index (χ3v) is 7.01. The number of halogens is 2. The fourth-order valence-corrected chi connectivity index (χ4v) is 4.87. The maximum Gasteiger partial charge on any atom is 0.244 e. The van der Waals surface area contributed by atoms with Crippen molar-refractivity contribution >= 4 is 50.7 Å². The van der Waals surface area contributed by atoms with Crippen LogP contribution in [0.3, 0.4) is 0 Å². The molecule has 2 amide bonds. The predicted molar refractivity (Wildman–Crippen MR) is 133 cm³/mol. The summed E-state index contributed by atoms with van der Waals surface area (Å²) in [5, 5.41) is 3.37. The van der Waals surface area contributed by atoms with Gasteiger partial charge in [-0.15, -0.1) is 0 Å². The lowest BCUT2D eigenvalue weighted by molar-refractivity contribution is -0.140. The fourth-order valence-electron chi connectivity index (χ4n) is 3.50. The van der Waals surface area contributed by atoms with Crippen LogP contribution in [0.4, 0.5) is 5.69 Å². The van der Waals surface area contributed by atoms with Crippen molar-refractivity contribution in [1.29, 1.82) is 0 Å². The number of hydrogen-bond acceptors (Lipinski definition) is 4. The number of rotatable bonds is 9. The summed E-state index contributed by atoms with van der Waals surface area (Å²) in [5.74, 6) is -0.878. The quantitative estimate of drug-likeness (QED) is 0.550. The molecule has 7 nitrogen and oxygen atoms in total. The summed E-state index contributed by atoms with van der Waals surface area (Å²) in [6, 6.07) is 9.47. The van der Waals surface area contributed by atoms with E-state index in [0.717, 1.165) is 16.1 Å². The first-order valence-electron chi connectivity index (χ1n) is 10.4. The Labute approximate surface area is 205 Å². The largest absolute Gasteiger partial charge is 0.357 e. The number of amides is 2. The number of benzene rings is 2. The molecule has 0 aliphatic heterocycles. The molecule has 2 aromatic rings. The van der Waals surface area contributed by atoms with E-state index in [0.29, 0.717) is 33.3 Å². The van der Waals surface area contributed by atoms with Crippen LogP contribution in [-0.2, 0) is 26.2 Å². The standard InChI is InChI=1S/C23H29Cl2N3O4S/c1-6-20(23(30)26-4)27(13-17-9-10-18(24)12-19(17)25)22(29)14-28(33(5,31)32)21-11-15(2)7-8-16(21)3/h7-12,20H,6,13-14H2,1-5H3,(H,26,30). The summed E-state index contributed by atoms with van der Waals surface area (Å²) in [5.41, 5.74) is 2.58. The van der Waals surface area contributed by atoms with Crippen molar-refractivity contribution in [3.63, 3.8) is 0 Å². The zero-order valence-electron chi connectivity index (χ0n) is 19.4. The van der Waals surface area contributed by atoms with Gasteiger partial charge in [0, 0.05) is 23.6 Å². The monoisotopic (exact) mass is 513 g/mol. The number of sulfonamides is 1. The number of carbonyl (C=O) groups is 2. The maximum atomic E-state index is 13.5. The van der Waals surface area contributed by atoms with Gasteiger partial charge in [-0.05, 0) is 55.2 Å². The summed E-state index contributed by atoms with van der Waals surface area (Å²) in [4.78, 5) is 27.5. The highest BCUT2D eigenvalue weighted by atomic mass is 35.5. The van der Waals surface area contributed by atoms with Crippen LogP contribution in [-0.4, -0.2) is 51.0 Å². The van der Waals surface area contributed by atoms with Crippen molar-refractivity contribution in [2.75, 3.05) is 24.2 Å². The van der Waals surface area contributed by atoms with Crippen LogP contribution in [0.5, 0.6) is 0 Å². The van der Waals surface area contributed by atoms with Crippen LogP contribution in [0.15, 0.2) is 36.4 Å². The minimum absolute atomic E-state index is 0.0190. The number of carbonyl (C=O) groups excluding carboxylic acids is 2. The Kier molecular flexibility index (Phi) is 9.17. The second kappa shape index (κ2) is 11.2. The summed E-state index contributed by atoms with van der Waals surface area (Å²) < 4.78 is 26.4. The molecule has 33 heavy (non-hydrogen) atoms. The molecule has 0 saturated heterocycles. The van der Waals surface area contributed by atoms with Crippen molar-refractivity contribution < 1.29 is 18.0 Å². The van der Waals surface area contributed by atoms with Crippen molar-refractivity contribution in [2.45, 2.75) is 39.8 Å². The third-order valence-electron chi connectivity index (χ3n) is 5.30. The van der Waals surface area contributed by atoms with Crippen molar-refractivity contribution in [1.82, 2.24) is 10.2 Å². The fraction of sp³-hybridized carbons (Fsp3) is 0.391. The highest BCUT2D eigenvalue weighted by Gasteiger charge is 2.32. The molecule has 0 radical (unpaired) electrons. The van der Waals surface area contributed by atoms with E-state index >= 15 is 0 Å². The minimum atomic E-state index is -3.79. The Morgan fingerprint density at radius 1 is 1.09 bits per heavy atom. The molecule has 0 spiro atoms. The van der Waals surface area contributed by atoms with Gasteiger partial charge in [0.05, 0.1) is 11.9 Å². The number of hydrogen-bond donors (Lipinski definition) is 1. The van der Waals surface area contributed by atoms with Gasteiger partial charge in [-0.25, -0.2) is 8.42 Å². The first-order chi connectivity index (χ1) is 15.4. The molecule has 0 aromatic heterocycles. The van der Waals surface area contributed by atoms with Gasteiger partial charge in [0.2, 0.25) is 21.8 Å². The van der Waals surface area contributed by atoms with Gasteiger partial charge >= 0.3 is 0 Å². The number of aryl methyl sites for hydroxylation is 2. The van der Waals surface area contributed by atoms with Crippen LogP contribution < -0.4 is 9.62 Å². The number of nitrogens with one attached hydrogen (secondary N) is 1. The van der Waals surface area contributed by atoms with Gasteiger partial charge in [-0.3, -0.25) is 13.9 Å². The van der Waals surface area contributed by atoms with Gasteiger partial charge in [0.25, 0.3) is 0 Å². The normalized spacial score (nSPS) is 12.2. The van der Waals surface area contributed by atoms with Gasteiger partial charge in [0.15, 0.2) is 0 Å².